The highest BCUT2D eigenvalue weighted by Crippen LogP contribution is 2.35. The third kappa shape index (κ3) is 2.68. The summed E-state index contributed by atoms with van der Waals surface area (Å²) in [6.07, 6.45) is 1.61. The van der Waals surface area contributed by atoms with Crippen molar-refractivity contribution in [3.05, 3.63) is 41.0 Å². The largest absolute Gasteiger partial charge is 0.481 e. The van der Waals surface area contributed by atoms with Crippen LogP contribution in [0, 0.1) is 0 Å². The van der Waals surface area contributed by atoms with Crippen LogP contribution in [-0.2, 0) is 0 Å². The normalized spacial score (nSPS) is 10.0. The Balaban J connectivity index is 2.31. The molecule has 17 heavy (non-hydrogen) atoms. The Morgan fingerprint density at radius 3 is 2.82 bits per heavy atom. The average molecular weight is 295 g/mol. The van der Waals surface area contributed by atoms with E-state index in [0.717, 1.165) is 4.47 Å². The first-order valence-corrected chi connectivity index (χ1v) is 5.72. The maximum absolute atomic E-state index is 5.84. The van der Waals surface area contributed by atoms with Crippen molar-refractivity contribution in [2.75, 3.05) is 12.8 Å². The Hall–Kier alpha value is -1.75. The number of aromatic nitrogens is 1. The van der Waals surface area contributed by atoms with Gasteiger partial charge in [-0.1, -0.05) is 6.07 Å². The summed E-state index contributed by atoms with van der Waals surface area (Å²) >= 11 is 3.39. The van der Waals surface area contributed by atoms with Gasteiger partial charge in [-0.3, -0.25) is 0 Å². The lowest BCUT2D eigenvalue weighted by Crippen LogP contribution is -1.94. The maximum atomic E-state index is 5.84. The van der Waals surface area contributed by atoms with Crippen LogP contribution in [0.1, 0.15) is 0 Å². The van der Waals surface area contributed by atoms with Gasteiger partial charge in [0.05, 0.1) is 17.3 Å². The quantitative estimate of drug-likeness (QED) is 0.883. The van der Waals surface area contributed by atoms with Crippen molar-refractivity contribution in [3.8, 4) is 17.4 Å². The second-order valence-electron chi connectivity index (χ2n) is 3.29. The molecular weight excluding hydrogens is 284 g/mol. The summed E-state index contributed by atoms with van der Waals surface area (Å²) < 4.78 is 11.5. The summed E-state index contributed by atoms with van der Waals surface area (Å²) in [4.78, 5) is 4.00. The number of benzene rings is 1. The van der Waals surface area contributed by atoms with Gasteiger partial charge in [0.15, 0.2) is 5.75 Å². The number of hydrogen-bond donors (Lipinski definition) is 1. The number of para-hydroxylation sites is 1. The lowest BCUT2D eigenvalue weighted by Gasteiger charge is -2.10. The Morgan fingerprint density at radius 2 is 2.12 bits per heavy atom. The van der Waals surface area contributed by atoms with Crippen molar-refractivity contribution in [2.45, 2.75) is 0 Å². The fourth-order valence-corrected chi connectivity index (χ4v) is 1.78. The summed E-state index contributed by atoms with van der Waals surface area (Å²) in [5.74, 6) is 1.70. The zero-order chi connectivity index (χ0) is 12.3. The smallest absolute Gasteiger partial charge is 0.216 e. The number of methoxy groups -OCH3 is 1. The Bertz CT molecular complexity index is 511. The summed E-state index contributed by atoms with van der Waals surface area (Å²) in [6, 6.07) is 8.92. The van der Waals surface area contributed by atoms with E-state index >= 15 is 0 Å². The van der Waals surface area contributed by atoms with Crippen molar-refractivity contribution in [2.24, 2.45) is 0 Å². The summed E-state index contributed by atoms with van der Waals surface area (Å²) in [5, 5.41) is 0. The zero-order valence-corrected chi connectivity index (χ0v) is 10.8. The van der Waals surface area contributed by atoms with Crippen molar-refractivity contribution in [3.63, 3.8) is 0 Å². The van der Waals surface area contributed by atoms with Gasteiger partial charge in [-0.25, -0.2) is 4.98 Å². The molecule has 0 aliphatic carbocycles. The van der Waals surface area contributed by atoms with E-state index in [4.69, 9.17) is 15.2 Å². The molecule has 1 aromatic carbocycles. The third-order valence-corrected chi connectivity index (χ3v) is 2.76. The van der Waals surface area contributed by atoms with E-state index in [1.807, 2.05) is 12.1 Å². The highest BCUT2D eigenvalue weighted by molar-refractivity contribution is 9.10. The lowest BCUT2D eigenvalue weighted by atomic mass is 10.3. The zero-order valence-electron chi connectivity index (χ0n) is 9.18. The second-order valence-corrected chi connectivity index (χ2v) is 4.15. The minimum atomic E-state index is 0.494. The van der Waals surface area contributed by atoms with Gasteiger partial charge in [0.2, 0.25) is 5.88 Å². The number of nitrogens with two attached hydrogens (primary N) is 1. The van der Waals surface area contributed by atoms with E-state index in [1.165, 1.54) is 0 Å². The van der Waals surface area contributed by atoms with Crippen LogP contribution in [0.4, 0.5) is 5.69 Å². The number of anilines is 1. The molecule has 0 saturated heterocycles. The summed E-state index contributed by atoms with van der Waals surface area (Å²) in [6.45, 7) is 0. The molecule has 0 saturated carbocycles. The molecule has 1 heterocycles. The molecule has 0 radical (unpaired) electrons. The number of hydrogen-bond acceptors (Lipinski definition) is 4. The van der Waals surface area contributed by atoms with Crippen molar-refractivity contribution >= 4 is 21.6 Å². The van der Waals surface area contributed by atoms with Crippen molar-refractivity contribution in [1.29, 1.82) is 0 Å². The number of rotatable bonds is 3. The molecule has 88 valence electrons. The highest BCUT2D eigenvalue weighted by Gasteiger charge is 2.07. The highest BCUT2D eigenvalue weighted by atomic mass is 79.9. The molecule has 0 spiro atoms. The fraction of sp³-hybridized carbons (Fsp3) is 0.0833. The average Bonchev–Trinajstić information content (AvgIpc) is 2.34. The summed E-state index contributed by atoms with van der Waals surface area (Å²) in [7, 11) is 1.55. The first-order chi connectivity index (χ1) is 8.20. The molecule has 0 fully saturated rings. The topological polar surface area (TPSA) is 57.4 Å². The third-order valence-electron chi connectivity index (χ3n) is 2.13. The first-order valence-electron chi connectivity index (χ1n) is 4.92. The maximum Gasteiger partial charge on any atom is 0.216 e. The minimum absolute atomic E-state index is 0.494. The Kier molecular flexibility index (Phi) is 3.49. The number of nitrogen functional groups attached to an aromatic ring is 1. The molecule has 2 rings (SSSR count). The van der Waals surface area contributed by atoms with E-state index < -0.39 is 0 Å². The summed E-state index contributed by atoms with van der Waals surface area (Å²) in [5.41, 5.74) is 6.40. The number of nitrogens with zero attached hydrogens (tertiary/aromatic N) is 1. The van der Waals surface area contributed by atoms with Crippen LogP contribution in [-0.4, -0.2) is 12.1 Å². The fourth-order valence-electron chi connectivity index (χ4n) is 1.32. The molecule has 4 nitrogen and oxygen atoms in total. The van der Waals surface area contributed by atoms with E-state index in [0.29, 0.717) is 23.1 Å². The molecule has 0 atom stereocenters. The molecule has 0 aliphatic heterocycles. The molecule has 0 aliphatic rings. The number of ether oxygens (including phenoxy) is 2. The van der Waals surface area contributed by atoms with Crippen LogP contribution in [0.25, 0.3) is 0 Å². The molecule has 2 aromatic rings. The Labute approximate surface area is 108 Å². The van der Waals surface area contributed by atoms with Gasteiger partial charge in [0.25, 0.3) is 0 Å². The van der Waals surface area contributed by atoms with Crippen LogP contribution >= 0.6 is 15.9 Å². The van der Waals surface area contributed by atoms with Crippen molar-refractivity contribution in [1.82, 2.24) is 4.98 Å². The van der Waals surface area contributed by atoms with Crippen LogP contribution < -0.4 is 15.2 Å². The number of pyridine rings is 1. The van der Waals surface area contributed by atoms with E-state index in [9.17, 15) is 0 Å². The molecule has 0 bridgehead atoms. The molecule has 5 heteroatoms. The predicted octanol–water partition coefficient (Wildman–Crippen LogP) is 3.23. The van der Waals surface area contributed by atoms with Crippen LogP contribution in [0.3, 0.4) is 0 Å². The minimum Gasteiger partial charge on any atom is -0.481 e. The SMILES string of the molecule is COc1cc(Oc2c(N)cccc2Br)ccn1. The van der Waals surface area contributed by atoms with E-state index in [1.54, 1.807) is 31.5 Å². The van der Waals surface area contributed by atoms with Gasteiger partial charge in [-0.05, 0) is 34.1 Å². The Morgan fingerprint density at radius 1 is 1.29 bits per heavy atom. The van der Waals surface area contributed by atoms with Gasteiger partial charge < -0.3 is 15.2 Å². The van der Waals surface area contributed by atoms with E-state index in [2.05, 4.69) is 20.9 Å². The van der Waals surface area contributed by atoms with Crippen LogP contribution in [0.5, 0.6) is 17.4 Å². The lowest BCUT2D eigenvalue weighted by molar-refractivity contribution is 0.392. The van der Waals surface area contributed by atoms with Gasteiger partial charge in [-0.2, -0.15) is 0 Å². The molecule has 1 aromatic heterocycles. The second kappa shape index (κ2) is 5.05. The first kappa shape index (κ1) is 11.7. The van der Waals surface area contributed by atoms with Gasteiger partial charge >= 0.3 is 0 Å². The van der Waals surface area contributed by atoms with Gasteiger partial charge in [0.1, 0.15) is 5.75 Å². The standard InChI is InChI=1S/C12H11BrN2O2/c1-16-11-7-8(5-6-15-11)17-12-9(13)3-2-4-10(12)14/h2-7H,14H2,1H3. The van der Waals surface area contributed by atoms with Gasteiger partial charge in [0, 0.05) is 12.3 Å². The monoisotopic (exact) mass is 294 g/mol. The van der Waals surface area contributed by atoms with Crippen LogP contribution in [0.2, 0.25) is 0 Å². The molecule has 0 amide bonds. The molecular formula is C12H11BrN2O2. The predicted molar refractivity (Wildman–Crippen MR) is 69.4 cm³/mol. The van der Waals surface area contributed by atoms with E-state index in [-0.39, 0.29) is 0 Å². The van der Waals surface area contributed by atoms with Crippen LogP contribution in [0.15, 0.2) is 41.0 Å². The van der Waals surface area contributed by atoms with Crippen molar-refractivity contribution < 1.29 is 9.47 Å². The molecule has 2 N–H and O–H groups in total. The molecule has 0 unspecified atom stereocenters. The number of halogens is 1. The van der Waals surface area contributed by atoms with Gasteiger partial charge in [-0.15, -0.1) is 0 Å².